The second kappa shape index (κ2) is 12.9. The van der Waals surface area contributed by atoms with E-state index in [1.165, 1.54) is 23.4 Å². The lowest BCUT2D eigenvalue weighted by molar-refractivity contribution is -0.155. The van der Waals surface area contributed by atoms with Gasteiger partial charge in [0.2, 0.25) is 11.8 Å². The van der Waals surface area contributed by atoms with Crippen LogP contribution < -0.4 is 5.32 Å². The molecule has 2 atom stereocenters. The third-order valence-corrected chi connectivity index (χ3v) is 7.05. The summed E-state index contributed by atoms with van der Waals surface area (Å²) < 4.78 is 5.43. The molecule has 0 saturated carbocycles. The number of piperidine rings is 2. The van der Waals surface area contributed by atoms with Crippen molar-refractivity contribution in [2.45, 2.75) is 77.4 Å². The fourth-order valence-electron chi connectivity index (χ4n) is 5.04. The van der Waals surface area contributed by atoms with Crippen molar-refractivity contribution in [3.8, 4) is 5.75 Å². The Morgan fingerprint density at radius 2 is 1.82 bits per heavy atom. The van der Waals surface area contributed by atoms with Crippen LogP contribution in [0.5, 0.6) is 5.75 Å². The van der Waals surface area contributed by atoms with Crippen LogP contribution in [-0.4, -0.2) is 80.7 Å². The van der Waals surface area contributed by atoms with Gasteiger partial charge in [0, 0.05) is 38.8 Å². The highest BCUT2D eigenvalue weighted by Gasteiger charge is 2.32. The molecule has 0 aliphatic carbocycles. The molecule has 11 heteroatoms. The van der Waals surface area contributed by atoms with Gasteiger partial charge in [0.1, 0.15) is 11.4 Å². The summed E-state index contributed by atoms with van der Waals surface area (Å²) in [6.45, 7) is 7.19. The lowest BCUT2D eigenvalue weighted by Crippen LogP contribution is -2.46. The zero-order chi connectivity index (χ0) is 27.9. The first-order valence-electron chi connectivity index (χ1n) is 13.3. The number of aromatic hydroxyl groups is 1. The summed E-state index contributed by atoms with van der Waals surface area (Å²) in [5.74, 6) is -0.915. The van der Waals surface area contributed by atoms with E-state index in [4.69, 9.17) is 9.84 Å². The van der Waals surface area contributed by atoms with Gasteiger partial charge in [-0.2, -0.15) is 0 Å². The summed E-state index contributed by atoms with van der Waals surface area (Å²) in [5, 5.41) is 21.9. The fourth-order valence-corrected chi connectivity index (χ4v) is 5.04. The molecule has 3 rings (SSSR count). The maximum atomic E-state index is 13.3. The van der Waals surface area contributed by atoms with Crippen LogP contribution in [0.4, 0.5) is 4.79 Å². The van der Waals surface area contributed by atoms with Gasteiger partial charge in [0.15, 0.2) is 0 Å². The molecule has 210 valence electrons. The van der Waals surface area contributed by atoms with E-state index < -0.39 is 29.6 Å². The van der Waals surface area contributed by atoms with Crippen molar-refractivity contribution in [2.75, 3.05) is 26.2 Å². The van der Waals surface area contributed by atoms with E-state index in [0.717, 1.165) is 12.8 Å². The molecule has 2 saturated heterocycles. The first-order chi connectivity index (χ1) is 17.9. The average molecular weight is 533 g/mol. The van der Waals surface area contributed by atoms with Gasteiger partial charge in [-0.15, -0.1) is 0 Å². The van der Waals surface area contributed by atoms with Gasteiger partial charge in [-0.25, -0.2) is 4.79 Å². The highest BCUT2D eigenvalue weighted by Crippen LogP contribution is 2.26. The van der Waals surface area contributed by atoms with Crippen LogP contribution in [0.25, 0.3) is 0 Å². The Morgan fingerprint density at radius 3 is 2.45 bits per heavy atom. The highest BCUT2D eigenvalue weighted by atomic mass is 16.6. The summed E-state index contributed by atoms with van der Waals surface area (Å²) in [6, 6.07) is 0.722. The van der Waals surface area contributed by atoms with Crippen LogP contribution >= 0.6 is 0 Å². The van der Waals surface area contributed by atoms with E-state index in [0.29, 0.717) is 63.3 Å². The van der Waals surface area contributed by atoms with Crippen LogP contribution in [0.1, 0.15) is 77.3 Å². The van der Waals surface area contributed by atoms with Crippen LogP contribution in [0, 0.1) is 11.8 Å². The fraction of sp³-hybridized carbons (Fsp3) is 0.667. The Balaban J connectivity index is 1.56. The smallest absolute Gasteiger partial charge is 0.407 e. The molecule has 3 N–H and O–H groups in total. The van der Waals surface area contributed by atoms with Crippen molar-refractivity contribution >= 4 is 23.9 Å². The largest absolute Gasteiger partial charge is 0.506 e. The number of nitrogens with zero attached hydrogens (tertiary/aromatic N) is 3. The number of nitrogens with one attached hydrogen (secondary N) is 1. The number of amides is 3. The second-order valence-corrected chi connectivity index (χ2v) is 11.3. The number of hydrogen-bond acceptors (Lipinski definition) is 7. The quantitative estimate of drug-likeness (QED) is 0.433. The summed E-state index contributed by atoms with van der Waals surface area (Å²) in [5.41, 5.74) is -0.192. The number of hydrogen-bond donors (Lipinski definition) is 3. The van der Waals surface area contributed by atoms with Crippen molar-refractivity contribution in [1.82, 2.24) is 20.1 Å². The maximum Gasteiger partial charge on any atom is 0.407 e. The first kappa shape index (κ1) is 29.2. The molecule has 1 aromatic heterocycles. The Labute approximate surface area is 223 Å². The highest BCUT2D eigenvalue weighted by molar-refractivity contribution is 5.82. The van der Waals surface area contributed by atoms with E-state index >= 15 is 0 Å². The van der Waals surface area contributed by atoms with Crippen molar-refractivity contribution in [3.05, 3.63) is 24.0 Å². The number of likely N-dealkylation sites (tertiary alicyclic amines) is 2. The molecule has 0 aromatic carbocycles. The van der Waals surface area contributed by atoms with Crippen molar-refractivity contribution in [2.24, 2.45) is 11.8 Å². The minimum atomic E-state index is -0.897. The average Bonchev–Trinajstić information content (AvgIpc) is 2.86. The molecule has 38 heavy (non-hydrogen) atoms. The molecule has 3 amide bonds. The SMILES string of the molecule is CC(C)(C)OC(=O)C[C@H](NC(=O)[C@@H]1CCCN(C(=O)CCC2CCN(C(=O)O)CC2)C1)c1cncc(O)c1. The van der Waals surface area contributed by atoms with Crippen LogP contribution in [0.2, 0.25) is 0 Å². The molecule has 0 bridgehead atoms. The zero-order valence-corrected chi connectivity index (χ0v) is 22.5. The predicted octanol–water partition coefficient (Wildman–Crippen LogP) is 3.09. The number of esters is 1. The third-order valence-electron chi connectivity index (χ3n) is 7.05. The molecular weight excluding hydrogens is 492 g/mol. The molecule has 2 aliphatic rings. The van der Waals surface area contributed by atoms with Crippen molar-refractivity contribution in [3.63, 3.8) is 0 Å². The van der Waals surface area contributed by atoms with Gasteiger partial charge in [0.25, 0.3) is 0 Å². The monoisotopic (exact) mass is 532 g/mol. The third kappa shape index (κ3) is 8.88. The van der Waals surface area contributed by atoms with Crippen LogP contribution in [0.15, 0.2) is 18.5 Å². The summed E-state index contributed by atoms with van der Waals surface area (Å²) >= 11 is 0. The molecule has 2 aliphatic heterocycles. The molecule has 1 aromatic rings. The number of aromatic nitrogens is 1. The lowest BCUT2D eigenvalue weighted by Gasteiger charge is -2.34. The van der Waals surface area contributed by atoms with Gasteiger partial charge in [-0.3, -0.25) is 19.4 Å². The Morgan fingerprint density at radius 1 is 1.11 bits per heavy atom. The molecule has 11 nitrogen and oxygen atoms in total. The topological polar surface area (TPSA) is 149 Å². The molecule has 0 spiro atoms. The van der Waals surface area contributed by atoms with Gasteiger partial charge >= 0.3 is 12.1 Å². The molecule has 0 radical (unpaired) electrons. The number of rotatable bonds is 8. The number of carboxylic acid groups (broad SMARTS) is 1. The minimum Gasteiger partial charge on any atom is -0.506 e. The van der Waals surface area contributed by atoms with E-state index in [-0.39, 0.29) is 24.0 Å². The van der Waals surface area contributed by atoms with E-state index in [1.54, 1.807) is 25.7 Å². The molecular formula is C27H40N4O7. The van der Waals surface area contributed by atoms with Gasteiger partial charge in [-0.1, -0.05) is 0 Å². The van der Waals surface area contributed by atoms with E-state index in [1.807, 2.05) is 0 Å². The Kier molecular flexibility index (Phi) is 9.93. The summed E-state index contributed by atoms with van der Waals surface area (Å²) in [7, 11) is 0. The van der Waals surface area contributed by atoms with E-state index in [9.17, 15) is 24.3 Å². The van der Waals surface area contributed by atoms with Gasteiger partial charge in [-0.05, 0) is 70.4 Å². The Bertz CT molecular complexity index is 1000. The molecule has 2 fully saturated rings. The second-order valence-electron chi connectivity index (χ2n) is 11.3. The number of ether oxygens (including phenoxy) is 1. The Hall–Kier alpha value is -3.37. The number of carbonyl (C=O) groups excluding carboxylic acids is 3. The minimum absolute atomic E-state index is 0.00523. The van der Waals surface area contributed by atoms with Crippen LogP contribution in [-0.2, 0) is 19.1 Å². The zero-order valence-electron chi connectivity index (χ0n) is 22.5. The van der Waals surface area contributed by atoms with Gasteiger partial charge in [0.05, 0.1) is 24.6 Å². The number of pyridine rings is 1. The van der Waals surface area contributed by atoms with E-state index in [2.05, 4.69) is 10.3 Å². The van der Waals surface area contributed by atoms with Crippen LogP contribution in [0.3, 0.4) is 0 Å². The number of carbonyl (C=O) groups is 4. The molecule has 3 heterocycles. The standard InChI is InChI=1S/C27H40N4O7/c1-27(2,3)38-24(34)14-22(20-13-21(32)16-28-15-20)29-25(35)19-5-4-10-31(17-19)23(33)7-6-18-8-11-30(12-9-18)26(36)37/h13,15-16,18-19,22,32H,4-12,14,17H2,1-3H3,(H,29,35)(H,36,37)/t19-,22+/m1/s1. The van der Waals surface area contributed by atoms with Crippen molar-refractivity contribution < 1.29 is 34.1 Å². The lowest BCUT2D eigenvalue weighted by atomic mass is 9.91. The predicted molar refractivity (Wildman–Crippen MR) is 138 cm³/mol. The molecule has 0 unspecified atom stereocenters. The summed E-state index contributed by atoms with van der Waals surface area (Å²) in [6.07, 6.45) is 5.68. The van der Waals surface area contributed by atoms with Gasteiger partial charge < -0.3 is 30.1 Å². The maximum absolute atomic E-state index is 13.3. The first-order valence-corrected chi connectivity index (χ1v) is 13.3. The van der Waals surface area contributed by atoms with Crippen molar-refractivity contribution in [1.29, 1.82) is 0 Å². The normalized spacial score (nSPS) is 19.5. The summed E-state index contributed by atoms with van der Waals surface area (Å²) in [4.78, 5) is 56.9.